The Bertz CT molecular complexity index is 406. The standard InChI is InChI=1S/C9H10N2S/c1-2-11-4-3-8-9(11)5-7(12)6-10-8/h3-6,12H,2H2,1H3. The molecule has 0 bridgehead atoms. The lowest BCUT2D eigenvalue weighted by molar-refractivity contribution is 0.796. The number of thiol groups is 1. The van der Waals surface area contributed by atoms with Crippen LogP contribution in [0.4, 0.5) is 0 Å². The highest BCUT2D eigenvalue weighted by atomic mass is 32.1. The molecule has 3 heteroatoms. The third kappa shape index (κ3) is 1.10. The molecular weight excluding hydrogens is 168 g/mol. The van der Waals surface area contributed by atoms with Crippen LogP contribution in [-0.2, 0) is 6.54 Å². The Morgan fingerprint density at radius 2 is 2.42 bits per heavy atom. The quantitative estimate of drug-likeness (QED) is 0.664. The molecule has 2 nitrogen and oxygen atoms in total. The van der Waals surface area contributed by atoms with E-state index >= 15 is 0 Å². The van der Waals surface area contributed by atoms with Gasteiger partial charge in [-0.3, -0.25) is 4.98 Å². The second-order valence-electron chi connectivity index (χ2n) is 2.70. The number of nitrogens with zero attached hydrogens (tertiary/aromatic N) is 2. The molecule has 12 heavy (non-hydrogen) atoms. The molecule has 2 heterocycles. The molecule has 0 N–H and O–H groups in total. The van der Waals surface area contributed by atoms with Crippen molar-refractivity contribution in [2.75, 3.05) is 0 Å². The summed E-state index contributed by atoms with van der Waals surface area (Å²) in [5.74, 6) is 0. The highest BCUT2D eigenvalue weighted by Gasteiger charge is 1.99. The van der Waals surface area contributed by atoms with Crippen LogP contribution in [0.2, 0.25) is 0 Å². The number of aryl methyl sites for hydroxylation is 1. The van der Waals surface area contributed by atoms with Crippen LogP contribution in [0.25, 0.3) is 11.0 Å². The molecule has 0 aliphatic carbocycles. The van der Waals surface area contributed by atoms with E-state index in [1.807, 2.05) is 18.3 Å². The van der Waals surface area contributed by atoms with E-state index in [-0.39, 0.29) is 0 Å². The SMILES string of the molecule is CCn1ccc2ncc(S)cc21. The number of pyridine rings is 1. The fraction of sp³-hybridized carbons (Fsp3) is 0.222. The minimum Gasteiger partial charge on any atom is -0.346 e. The van der Waals surface area contributed by atoms with Gasteiger partial charge in [0.05, 0.1) is 11.0 Å². The van der Waals surface area contributed by atoms with Gasteiger partial charge in [-0.25, -0.2) is 0 Å². The maximum Gasteiger partial charge on any atom is 0.0881 e. The van der Waals surface area contributed by atoms with Crippen molar-refractivity contribution in [1.82, 2.24) is 9.55 Å². The third-order valence-corrected chi connectivity index (χ3v) is 2.19. The van der Waals surface area contributed by atoms with Crippen molar-refractivity contribution in [3.8, 4) is 0 Å². The van der Waals surface area contributed by atoms with Crippen LogP contribution in [0.5, 0.6) is 0 Å². The van der Waals surface area contributed by atoms with Crippen LogP contribution in [0.3, 0.4) is 0 Å². The van der Waals surface area contributed by atoms with E-state index < -0.39 is 0 Å². The van der Waals surface area contributed by atoms with Gasteiger partial charge in [0.1, 0.15) is 0 Å². The monoisotopic (exact) mass is 178 g/mol. The van der Waals surface area contributed by atoms with Crippen molar-refractivity contribution in [1.29, 1.82) is 0 Å². The predicted molar refractivity (Wildman–Crippen MR) is 52.7 cm³/mol. The molecule has 62 valence electrons. The molecule has 0 fully saturated rings. The highest BCUT2D eigenvalue weighted by molar-refractivity contribution is 7.80. The average molecular weight is 178 g/mol. The Morgan fingerprint density at radius 3 is 3.17 bits per heavy atom. The third-order valence-electron chi connectivity index (χ3n) is 1.95. The van der Waals surface area contributed by atoms with Crippen molar-refractivity contribution in [2.24, 2.45) is 0 Å². The Morgan fingerprint density at radius 1 is 1.58 bits per heavy atom. The van der Waals surface area contributed by atoms with Crippen LogP contribution in [0.1, 0.15) is 6.92 Å². The Kier molecular flexibility index (Phi) is 1.81. The summed E-state index contributed by atoms with van der Waals surface area (Å²) in [4.78, 5) is 5.16. The Hall–Kier alpha value is -0.960. The summed E-state index contributed by atoms with van der Waals surface area (Å²) < 4.78 is 2.15. The predicted octanol–water partition coefficient (Wildman–Crippen LogP) is 2.34. The number of hydrogen-bond acceptors (Lipinski definition) is 2. The van der Waals surface area contributed by atoms with E-state index in [0.29, 0.717) is 0 Å². The van der Waals surface area contributed by atoms with Gasteiger partial charge in [0.15, 0.2) is 0 Å². The van der Waals surface area contributed by atoms with Gasteiger partial charge in [0, 0.05) is 23.8 Å². The maximum absolute atomic E-state index is 4.25. The molecule has 0 unspecified atom stereocenters. The van der Waals surface area contributed by atoms with Crippen molar-refractivity contribution >= 4 is 23.7 Å². The van der Waals surface area contributed by atoms with E-state index in [1.54, 1.807) is 6.20 Å². The zero-order valence-electron chi connectivity index (χ0n) is 6.86. The average Bonchev–Trinajstić information content (AvgIpc) is 2.46. The topological polar surface area (TPSA) is 17.8 Å². The van der Waals surface area contributed by atoms with Crippen LogP contribution in [-0.4, -0.2) is 9.55 Å². The molecule has 0 saturated carbocycles. The number of hydrogen-bond donors (Lipinski definition) is 1. The summed E-state index contributed by atoms with van der Waals surface area (Å²) in [7, 11) is 0. The normalized spacial score (nSPS) is 10.8. The van der Waals surface area contributed by atoms with Gasteiger partial charge in [-0.2, -0.15) is 0 Å². The molecule has 0 amide bonds. The number of fused-ring (bicyclic) bond motifs is 1. The van der Waals surface area contributed by atoms with Crippen molar-refractivity contribution in [3.63, 3.8) is 0 Å². The van der Waals surface area contributed by atoms with Gasteiger partial charge in [0.2, 0.25) is 0 Å². The van der Waals surface area contributed by atoms with Crippen molar-refractivity contribution < 1.29 is 0 Å². The molecule has 0 radical (unpaired) electrons. The van der Waals surface area contributed by atoms with E-state index in [0.717, 1.165) is 22.5 Å². The molecule has 0 aromatic carbocycles. The van der Waals surface area contributed by atoms with Crippen LogP contribution >= 0.6 is 12.6 Å². The summed E-state index contributed by atoms with van der Waals surface area (Å²) in [5.41, 5.74) is 2.19. The molecule has 2 aromatic rings. The minimum atomic E-state index is 0.913. The molecule has 0 aliphatic heterocycles. The second-order valence-corrected chi connectivity index (χ2v) is 3.22. The molecule has 0 spiro atoms. The summed E-state index contributed by atoms with van der Waals surface area (Å²) in [6.45, 7) is 3.09. The molecule has 0 saturated heterocycles. The van der Waals surface area contributed by atoms with Gasteiger partial charge in [-0.15, -0.1) is 12.6 Å². The highest BCUT2D eigenvalue weighted by Crippen LogP contribution is 2.16. The minimum absolute atomic E-state index is 0.913. The summed E-state index contributed by atoms with van der Waals surface area (Å²) in [5, 5.41) is 0. The molecule has 0 aliphatic rings. The first-order chi connectivity index (χ1) is 5.81. The lowest BCUT2D eigenvalue weighted by Crippen LogP contribution is -1.90. The molecule has 0 atom stereocenters. The van der Waals surface area contributed by atoms with E-state index in [2.05, 4.69) is 29.1 Å². The van der Waals surface area contributed by atoms with Crippen LogP contribution < -0.4 is 0 Å². The maximum atomic E-state index is 4.25. The molecule has 2 rings (SSSR count). The smallest absolute Gasteiger partial charge is 0.0881 e. The van der Waals surface area contributed by atoms with Gasteiger partial charge in [-0.05, 0) is 19.1 Å². The summed E-state index contributed by atoms with van der Waals surface area (Å²) >= 11 is 4.25. The van der Waals surface area contributed by atoms with Crippen molar-refractivity contribution in [3.05, 3.63) is 24.5 Å². The molecule has 2 aromatic heterocycles. The summed E-state index contributed by atoms with van der Waals surface area (Å²) in [6, 6.07) is 4.06. The van der Waals surface area contributed by atoms with E-state index in [9.17, 15) is 0 Å². The van der Waals surface area contributed by atoms with Crippen molar-refractivity contribution in [2.45, 2.75) is 18.4 Å². The van der Waals surface area contributed by atoms with Gasteiger partial charge < -0.3 is 4.57 Å². The first-order valence-corrected chi connectivity index (χ1v) is 4.40. The zero-order valence-corrected chi connectivity index (χ0v) is 7.75. The number of rotatable bonds is 1. The van der Waals surface area contributed by atoms with Gasteiger partial charge in [0.25, 0.3) is 0 Å². The zero-order chi connectivity index (χ0) is 8.55. The van der Waals surface area contributed by atoms with E-state index in [4.69, 9.17) is 0 Å². The van der Waals surface area contributed by atoms with E-state index in [1.165, 1.54) is 0 Å². The van der Waals surface area contributed by atoms with Gasteiger partial charge in [-0.1, -0.05) is 0 Å². The number of aromatic nitrogens is 2. The molecular formula is C9H10N2S. The lowest BCUT2D eigenvalue weighted by Gasteiger charge is -1.99. The fourth-order valence-electron chi connectivity index (χ4n) is 1.33. The first kappa shape index (κ1) is 7.68. The summed E-state index contributed by atoms with van der Waals surface area (Å²) in [6.07, 6.45) is 3.82. The van der Waals surface area contributed by atoms with Gasteiger partial charge >= 0.3 is 0 Å². The first-order valence-electron chi connectivity index (χ1n) is 3.95. The van der Waals surface area contributed by atoms with Crippen LogP contribution in [0.15, 0.2) is 29.4 Å². The van der Waals surface area contributed by atoms with Crippen LogP contribution in [0, 0.1) is 0 Å². The fourth-order valence-corrected chi connectivity index (χ4v) is 1.51. The Labute approximate surface area is 76.6 Å². The second kappa shape index (κ2) is 2.83. The largest absolute Gasteiger partial charge is 0.346 e. The Balaban J connectivity index is 2.75. The lowest BCUT2D eigenvalue weighted by atomic mass is 10.4.